The molecule has 0 amide bonds. The van der Waals surface area contributed by atoms with Gasteiger partial charge in [-0.15, -0.1) is 0 Å². The first-order valence-corrected chi connectivity index (χ1v) is 6.01. The van der Waals surface area contributed by atoms with Crippen LogP contribution in [-0.2, 0) is 14.0 Å². The Kier molecular flexibility index (Phi) is 2.98. The molecule has 0 aromatic carbocycles. The van der Waals surface area contributed by atoms with Crippen molar-refractivity contribution in [2.45, 2.75) is 26.1 Å². The van der Waals surface area contributed by atoms with Gasteiger partial charge in [0, 0.05) is 23.8 Å². The van der Waals surface area contributed by atoms with E-state index in [1.165, 1.54) is 4.31 Å². The lowest BCUT2D eigenvalue weighted by molar-refractivity contribution is -0.0435. The monoisotopic (exact) mass is 213 g/mol. The van der Waals surface area contributed by atoms with Gasteiger partial charge in [0.1, 0.15) is 0 Å². The van der Waals surface area contributed by atoms with Crippen LogP contribution < -0.4 is 0 Å². The molecule has 0 aromatic rings. The molecule has 0 aromatic heterocycles. The van der Waals surface area contributed by atoms with Crippen molar-refractivity contribution in [1.29, 1.82) is 0 Å². The third-order valence-corrected chi connectivity index (χ3v) is 3.20. The van der Waals surface area contributed by atoms with Crippen molar-refractivity contribution in [2.75, 3.05) is 13.1 Å². The Bertz CT molecular complexity index is 244. The van der Waals surface area contributed by atoms with Crippen LogP contribution in [0.15, 0.2) is 0 Å². The van der Waals surface area contributed by atoms with E-state index in [0.29, 0.717) is 13.1 Å². The molecule has 1 heterocycles. The van der Waals surface area contributed by atoms with Gasteiger partial charge in [-0.2, -0.15) is 12.7 Å². The maximum Gasteiger partial charge on any atom is 0.299 e. The fourth-order valence-electron chi connectivity index (χ4n) is 1.31. The molecule has 1 aliphatic rings. The van der Waals surface area contributed by atoms with Crippen LogP contribution in [0.5, 0.6) is 0 Å². The number of nitrogens with zero attached hydrogens (tertiary/aromatic N) is 1. The lowest BCUT2D eigenvalue weighted by Gasteiger charge is -2.32. The molecule has 0 N–H and O–H groups in total. The Morgan fingerprint density at radius 2 is 1.75 bits per heavy atom. The molecule has 2 atom stereocenters. The van der Waals surface area contributed by atoms with Gasteiger partial charge >= 0.3 is 0 Å². The smallest absolute Gasteiger partial charge is 0.299 e. The molecule has 1 saturated heterocycles. The van der Waals surface area contributed by atoms with Crippen molar-refractivity contribution in [3.63, 3.8) is 0 Å². The number of hydrogen-bond donors (Lipinski definition) is 0. The molecule has 1 fully saturated rings. The molecule has 72 valence electrons. The van der Waals surface area contributed by atoms with Gasteiger partial charge < -0.3 is 4.74 Å². The maximum absolute atomic E-state index is 10.9. The van der Waals surface area contributed by atoms with E-state index in [1.807, 2.05) is 13.8 Å². The number of hydrogen-bond acceptors (Lipinski definition) is 3. The fraction of sp³-hybridized carbons (Fsp3) is 1.00. The molecular formula is C6H12ClNO3S. The van der Waals surface area contributed by atoms with Gasteiger partial charge in [0.15, 0.2) is 0 Å². The second-order valence-corrected chi connectivity index (χ2v) is 5.53. The summed E-state index contributed by atoms with van der Waals surface area (Å²) < 4.78 is 28.4. The molecule has 0 unspecified atom stereocenters. The summed E-state index contributed by atoms with van der Waals surface area (Å²) in [6.07, 6.45) is -0.162. The number of rotatable bonds is 1. The molecule has 1 aliphatic heterocycles. The highest BCUT2D eigenvalue weighted by Crippen LogP contribution is 2.16. The molecule has 4 nitrogen and oxygen atoms in total. The minimum absolute atomic E-state index is 0.0812. The van der Waals surface area contributed by atoms with Gasteiger partial charge in [0.2, 0.25) is 0 Å². The highest BCUT2D eigenvalue weighted by molar-refractivity contribution is 8.11. The van der Waals surface area contributed by atoms with Crippen molar-refractivity contribution in [3.8, 4) is 0 Å². The van der Waals surface area contributed by atoms with Crippen LogP contribution >= 0.6 is 10.7 Å². The lowest BCUT2D eigenvalue weighted by atomic mass is 10.3. The molecule has 1 rings (SSSR count). The first-order chi connectivity index (χ1) is 5.39. The van der Waals surface area contributed by atoms with E-state index in [2.05, 4.69) is 0 Å². The van der Waals surface area contributed by atoms with Crippen LogP contribution in [0, 0.1) is 0 Å². The van der Waals surface area contributed by atoms with E-state index in [9.17, 15) is 8.42 Å². The number of halogens is 1. The van der Waals surface area contributed by atoms with Crippen LogP contribution in [0.2, 0.25) is 0 Å². The molecule has 0 bridgehead atoms. The third-order valence-electron chi connectivity index (χ3n) is 1.69. The summed E-state index contributed by atoms with van der Waals surface area (Å²) in [5.41, 5.74) is 0. The first kappa shape index (κ1) is 10.2. The Morgan fingerprint density at radius 1 is 1.33 bits per heavy atom. The van der Waals surface area contributed by atoms with E-state index in [4.69, 9.17) is 15.4 Å². The Hall–Kier alpha value is 0.160. The second kappa shape index (κ2) is 3.49. The van der Waals surface area contributed by atoms with Crippen molar-refractivity contribution in [3.05, 3.63) is 0 Å². The van der Waals surface area contributed by atoms with Gasteiger partial charge in [-0.1, -0.05) is 0 Å². The molecule has 6 heteroatoms. The van der Waals surface area contributed by atoms with E-state index in [-0.39, 0.29) is 12.2 Å². The summed E-state index contributed by atoms with van der Waals surface area (Å²) in [5, 5.41) is 0. The quantitative estimate of drug-likeness (QED) is 0.599. The van der Waals surface area contributed by atoms with Crippen molar-refractivity contribution in [2.24, 2.45) is 0 Å². The minimum atomic E-state index is -3.57. The van der Waals surface area contributed by atoms with Crippen molar-refractivity contribution >= 4 is 19.9 Å². The standard InChI is InChI=1S/C6H12ClNO3S/c1-5-3-8(12(7,9)10)4-6(2)11-5/h5-6H,3-4H2,1-2H3/t5-,6-/m0/s1. The lowest BCUT2D eigenvalue weighted by Crippen LogP contribution is -2.46. The van der Waals surface area contributed by atoms with E-state index < -0.39 is 9.24 Å². The molecular weight excluding hydrogens is 202 g/mol. The van der Waals surface area contributed by atoms with Gasteiger partial charge in [0.25, 0.3) is 9.24 Å². The summed E-state index contributed by atoms with van der Waals surface area (Å²) in [4.78, 5) is 0. The fourth-order valence-corrected chi connectivity index (χ4v) is 2.42. The van der Waals surface area contributed by atoms with Crippen LogP contribution in [-0.4, -0.2) is 38.0 Å². The predicted octanol–water partition coefficient (Wildman–Crippen LogP) is 0.579. The molecule has 12 heavy (non-hydrogen) atoms. The molecule has 0 aliphatic carbocycles. The van der Waals surface area contributed by atoms with Gasteiger partial charge in [-0.05, 0) is 13.8 Å². The second-order valence-electron chi connectivity index (χ2n) is 3.02. The SMILES string of the molecule is C[C@H]1CN(S(=O)(=O)Cl)C[C@H](C)O1. The van der Waals surface area contributed by atoms with E-state index >= 15 is 0 Å². The van der Waals surface area contributed by atoms with Crippen LogP contribution in [0.4, 0.5) is 0 Å². The molecule has 0 radical (unpaired) electrons. The first-order valence-electron chi connectivity index (χ1n) is 3.75. The van der Waals surface area contributed by atoms with Crippen LogP contribution in [0.25, 0.3) is 0 Å². The van der Waals surface area contributed by atoms with Crippen LogP contribution in [0.3, 0.4) is 0 Å². The van der Waals surface area contributed by atoms with Crippen LogP contribution in [0.1, 0.15) is 13.8 Å². The van der Waals surface area contributed by atoms with Gasteiger partial charge in [-0.25, -0.2) is 0 Å². The summed E-state index contributed by atoms with van der Waals surface area (Å²) >= 11 is 0. The van der Waals surface area contributed by atoms with Gasteiger partial charge in [-0.3, -0.25) is 0 Å². The summed E-state index contributed by atoms with van der Waals surface area (Å²) in [5.74, 6) is 0. The van der Waals surface area contributed by atoms with Gasteiger partial charge in [0.05, 0.1) is 12.2 Å². The number of morpholine rings is 1. The number of ether oxygens (including phenoxy) is 1. The largest absolute Gasteiger partial charge is 0.373 e. The predicted molar refractivity (Wildman–Crippen MR) is 46.4 cm³/mol. The zero-order valence-corrected chi connectivity index (χ0v) is 8.60. The maximum atomic E-state index is 10.9. The van der Waals surface area contributed by atoms with Crippen molar-refractivity contribution in [1.82, 2.24) is 4.31 Å². The Balaban J connectivity index is 2.68. The molecule has 0 spiro atoms. The average Bonchev–Trinajstić information content (AvgIpc) is 1.82. The van der Waals surface area contributed by atoms with E-state index in [0.717, 1.165) is 0 Å². The highest BCUT2D eigenvalue weighted by Gasteiger charge is 2.29. The average molecular weight is 214 g/mol. The summed E-state index contributed by atoms with van der Waals surface area (Å²) in [6, 6.07) is 0. The summed E-state index contributed by atoms with van der Waals surface area (Å²) in [7, 11) is 1.62. The van der Waals surface area contributed by atoms with E-state index in [1.54, 1.807) is 0 Å². The highest BCUT2D eigenvalue weighted by atomic mass is 35.7. The Morgan fingerprint density at radius 3 is 2.08 bits per heavy atom. The Labute approximate surface area is 77.0 Å². The normalized spacial score (nSPS) is 33.6. The molecule has 0 saturated carbocycles. The van der Waals surface area contributed by atoms with Crippen molar-refractivity contribution < 1.29 is 13.2 Å². The zero-order chi connectivity index (χ0) is 9.35. The third kappa shape index (κ3) is 2.58. The summed E-state index contributed by atoms with van der Waals surface area (Å²) in [6.45, 7) is 4.34. The topological polar surface area (TPSA) is 46.6 Å². The zero-order valence-electron chi connectivity index (χ0n) is 7.03. The minimum Gasteiger partial charge on any atom is -0.373 e.